The summed E-state index contributed by atoms with van der Waals surface area (Å²) in [6.07, 6.45) is 1.87. The van der Waals surface area contributed by atoms with Crippen molar-refractivity contribution in [2.45, 2.75) is 24.3 Å². The summed E-state index contributed by atoms with van der Waals surface area (Å²) in [4.78, 5) is 16.0. The lowest BCUT2D eigenvalue weighted by molar-refractivity contribution is -0.126. The standard InChI is InChI=1S/C21H24BrClN2OS/c22-18-3-1-16(2-4-18)15-25-12-9-17(10-13-25)21(26)24-11-14-27-20-7-5-19(23)6-8-20/h1-8,17H,9-15H2,(H,24,26). The number of hydrogen-bond acceptors (Lipinski definition) is 3. The molecular weight excluding hydrogens is 444 g/mol. The molecule has 3 nitrogen and oxygen atoms in total. The summed E-state index contributed by atoms with van der Waals surface area (Å²) < 4.78 is 1.11. The number of amides is 1. The first-order chi connectivity index (χ1) is 13.1. The number of piperidine rings is 1. The Morgan fingerprint density at radius 2 is 1.78 bits per heavy atom. The highest BCUT2D eigenvalue weighted by molar-refractivity contribution is 9.10. The van der Waals surface area contributed by atoms with E-state index in [1.54, 1.807) is 11.8 Å². The zero-order chi connectivity index (χ0) is 19.1. The Morgan fingerprint density at radius 3 is 2.44 bits per heavy atom. The van der Waals surface area contributed by atoms with Gasteiger partial charge < -0.3 is 5.32 Å². The molecule has 0 spiro atoms. The fourth-order valence-corrected chi connectivity index (χ4v) is 4.38. The van der Waals surface area contributed by atoms with Crippen molar-refractivity contribution in [3.63, 3.8) is 0 Å². The van der Waals surface area contributed by atoms with Crippen LogP contribution in [0.15, 0.2) is 57.9 Å². The lowest BCUT2D eigenvalue weighted by Crippen LogP contribution is -2.40. The molecule has 27 heavy (non-hydrogen) atoms. The van der Waals surface area contributed by atoms with Crippen molar-refractivity contribution in [2.24, 2.45) is 5.92 Å². The van der Waals surface area contributed by atoms with E-state index in [1.165, 1.54) is 10.5 Å². The second kappa shape index (κ2) is 10.5. The molecule has 1 N–H and O–H groups in total. The van der Waals surface area contributed by atoms with Crippen molar-refractivity contribution in [3.8, 4) is 0 Å². The van der Waals surface area contributed by atoms with E-state index in [1.807, 2.05) is 24.3 Å². The summed E-state index contributed by atoms with van der Waals surface area (Å²) in [7, 11) is 0. The molecular formula is C21H24BrClN2OS. The first kappa shape index (κ1) is 20.7. The van der Waals surface area contributed by atoms with E-state index in [-0.39, 0.29) is 11.8 Å². The fourth-order valence-electron chi connectivity index (χ4n) is 3.22. The molecule has 2 aromatic carbocycles. The summed E-state index contributed by atoms with van der Waals surface area (Å²) in [6, 6.07) is 16.3. The largest absolute Gasteiger partial charge is 0.355 e. The van der Waals surface area contributed by atoms with Gasteiger partial charge in [-0.1, -0.05) is 39.7 Å². The lowest BCUT2D eigenvalue weighted by Gasteiger charge is -2.31. The van der Waals surface area contributed by atoms with E-state index in [9.17, 15) is 4.79 Å². The number of carbonyl (C=O) groups excluding carboxylic acids is 1. The lowest BCUT2D eigenvalue weighted by atomic mass is 9.95. The highest BCUT2D eigenvalue weighted by Gasteiger charge is 2.24. The Kier molecular flexibility index (Phi) is 8.07. The maximum Gasteiger partial charge on any atom is 0.223 e. The van der Waals surface area contributed by atoms with Gasteiger partial charge in [0.1, 0.15) is 0 Å². The number of benzene rings is 2. The third-order valence-corrected chi connectivity index (χ3v) is 6.56. The number of nitrogens with one attached hydrogen (secondary N) is 1. The molecule has 3 rings (SSSR count). The van der Waals surface area contributed by atoms with Gasteiger partial charge in [-0.05, 0) is 67.9 Å². The van der Waals surface area contributed by atoms with Gasteiger partial charge in [0.15, 0.2) is 0 Å². The fraction of sp³-hybridized carbons (Fsp3) is 0.381. The van der Waals surface area contributed by atoms with Gasteiger partial charge in [0.2, 0.25) is 5.91 Å². The molecule has 1 amide bonds. The Labute approximate surface area is 179 Å². The van der Waals surface area contributed by atoms with E-state index in [0.29, 0.717) is 6.54 Å². The van der Waals surface area contributed by atoms with Crippen LogP contribution in [0.3, 0.4) is 0 Å². The molecule has 0 aliphatic carbocycles. The number of halogens is 2. The van der Waals surface area contributed by atoms with Crippen molar-refractivity contribution < 1.29 is 4.79 Å². The Bertz CT molecular complexity index is 731. The van der Waals surface area contributed by atoms with E-state index in [4.69, 9.17) is 11.6 Å². The third-order valence-electron chi connectivity index (χ3n) is 4.76. The third kappa shape index (κ3) is 6.83. The predicted octanol–water partition coefficient (Wildman–Crippen LogP) is 5.22. The molecule has 0 radical (unpaired) electrons. The van der Waals surface area contributed by atoms with Crippen LogP contribution in [0, 0.1) is 5.92 Å². The topological polar surface area (TPSA) is 32.3 Å². The van der Waals surface area contributed by atoms with Crippen LogP contribution in [0.1, 0.15) is 18.4 Å². The van der Waals surface area contributed by atoms with Crippen molar-refractivity contribution in [3.05, 3.63) is 63.6 Å². The molecule has 0 aromatic heterocycles. The Balaban J connectivity index is 1.33. The highest BCUT2D eigenvalue weighted by atomic mass is 79.9. The van der Waals surface area contributed by atoms with Crippen LogP contribution in [-0.2, 0) is 11.3 Å². The van der Waals surface area contributed by atoms with Crippen LogP contribution in [0.25, 0.3) is 0 Å². The van der Waals surface area contributed by atoms with E-state index in [2.05, 4.69) is 50.4 Å². The molecule has 0 saturated carbocycles. The van der Waals surface area contributed by atoms with Crippen LogP contribution in [0.5, 0.6) is 0 Å². The van der Waals surface area contributed by atoms with E-state index >= 15 is 0 Å². The molecule has 0 bridgehead atoms. The maximum absolute atomic E-state index is 12.4. The molecule has 1 fully saturated rings. The first-order valence-corrected chi connectivity index (χ1v) is 11.4. The number of thioether (sulfide) groups is 1. The van der Waals surface area contributed by atoms with Crippen molar-refractivity contribution in [1.29, 1.82) is 0 Å². The first-order valence-electron chi connectivity index (χ1n) is 9.23. The van der Waals surface area contributed by atoms with Crippen LogP contribution >= 0.6 is 39.3 Å². The average Bonchev–Trinajstić information content (AvgIpc) is 2.69. The molecule has 2 aromatic rings. The maximum atomic E-state index is 12.4. The minimum Gasteiger partial charge on any atom is -0.355 e. The molecule has 0 atom stereocenters. The Hall–Kier alpha value is -1.01. The number of rotatable bonds is 7. The van der Waals surface area contributed by atoms with Gasteiger partial charge in [0.25, 0.3) is 0 Å². The molecule has 0 unspecified atom stereocenters. The second-order valence-electron chi connectivity index (χ2n) is 6.77. The van der Waals surface area contributed by atoms with Gasteiger partial charge in [-0.25, -0.2) is 0 Å². The predicted molar refractivity (Wildman–Crippen MR) is 117 cm³/mol. The highest BCUT2D eigenvalue weighted by Crippen LogP contribution is 2.21. The average molecular weight is 468 g/mol. The van der Waals surface area contributed by atoms with Gasteiger partial charge in [0, 0.05) is 39.2 Å². The summed E-state index contributed by atoms with van der Waals surface area (Å²) >= 11 is 11.1. The second-order valence-corrected chi connectivity index (χ2v) is 9.29. The zero-order valence-electron chi connectivity index (χ0n) is 15.2. The number of likely N-dealkylation sites (tertiary alicyclic amines) is 1. The molecule has 1 heterocycles. The summed E-state index contributed by atoms with van der Waals surface area (Å²) in [6.45, 7) is 3.62. The molecule has 1 aliphatic heterocycles. The van der Waals surface area contributed by atoms with Gasteiger partial charge in [-0.2, -0.15) is 0 Å². The smallest absolute Gasteiger partial charge is 0.223 e. The van der Waals surface area contributed by atoms with Gasteiger partial charge in [-0.3, -0.25) is 9.69 Å². The van der Waals surface area contributed by atoms with Crippen molar-refractivity contribution >= 4 is 45.2 Å². The number of carbonyl (C=O) groups is 1. The molecule has 1 aliphatic rings. The zero-order valence-corrected chi connectivity index (χ0v) is 18.3. The van der Waals surface area contributed by atoms with Crippen LogP contribution in [0.4, 0.5) is 0 Å². The van der Waals surface area contributed by atoms with Gasteiger partial charge in [-0.15, -0.1) is 11.8 Å². The summed E-state index contributed by atoms with van der Waals surface area (Å²) in [5, 5.41) is 3.84. The Morgan fingerprint density at radius 1 is 1.11 bits per heavy atom. The summed E-state index contributed by atoms with van der Waals surface area (Å²) in [5.41, 5.74) is 1.32. The molecule has 144 valence electrons. The normalized spacial score (nSPS) is 15.6. The van der Waals surface area contributed by atoms with Crippen molar-refractivity contribution in [1.82, 2.24) is 10.2 Å². The van der Waals surface area contributed by atoms with Crippen LogP contribution in [0.2, 0.25) is 5.02 Å². The van der Waals surface area contributed by atoms with Gasteiger partial charge in [0.05, 0.1) is 0 Å². The minimum atomic E-state index is 0.145. The number of hydrogen-bond donors (Lipinski definition) is 1. The van der Waals surface area contributed by atoms with E-state index in [0.717, 1.165) is 47.7 Å². The van der Waals surface area contributed by atoms with Crippen LogP contribution < -0.4 is 5.32 Å². The van der Waals surface area contributed by atoms with Crippen LogP contribution in [-0.4, -0.2) is 36.2 Å². The molecule has 1 saturated heterocycles. The van der Waals surface area contributed by atoms with Gasteiger partial charge >= 0.3 is 0 Å². The van der Waals surface area contributed by atoms with E-state index < -0.39 is 0 Å². The summed E-state index contributed by atoms with van der Waals surface area (Å²) in [5.74, 6) is 1.22. The monoisotopic (exact) mass is 466 g/mol. The quantitative estimate of drug-likeness (QED) is 0.447. The molecule has 6 heteroatoms. The minimum absolute atomic E-state index is 0.145. The number of nitrogens with zero attached hydrogens (tertiary/aromatic N) is 1. The SMILES string of the molecule is O=C(NCCSc1ccc(Cl)cc1)C1CCN(Cc2ccc(Br)cc2)CC1. The van der Waals surface area contributed by atoms with Crippen molar-refractivity contribution in [2.75, 3.05) is 25.4 Å².